The van der Waals surface area contributed by atoms with Gasteiger partial charge in [0, 0.05) is 29.4 Å². The Bertz CT molecular complexity index is 1010. The van der Waals surface area contributed by atoms with Crippen molar-refractivity contribution < 1.29 is 0 Å². The second-order valence-electron chi connectivity index (χ2n) is 9.27. The molecule has 3 heterocycles. The van der Waals surface area contributed by atoms with Crippen LogP contribution in [0.1, 0.15) is 58.3 Å². The van der Waals surface area contributed by atoms with E-state index >= 15 is 0 Å². The summed E-state index contributed by atoms with van der Waals surface area (Å²) < 4.78 is 0. The lowest BCUT2D eigenvalue weighted by atomic mass is 9.83. The van der Waals surface area contributed by atoms with E-state index in [1.807, 2.05) is 36.5 Å². The summed E-state index contributed by atoms with van der Waals surface area (Å²) in [4.78, 5) is 7.06. The summed E-state index contributed by atoms with van der Waals surface area (Å²) in [5.41, 5.74) is 1.90. The summed E-state index contributed by atoms with van der Waals surface area (Å²) >= 11 is 0. The lowest BCUT2D eigenvalue weighted by Gasteiger charge is -2.38. The standard InChI is InChI=1S/C15H12N4.C13H25N/c1-2-16-15-9-13-8-11(5-6-12(13)10-17-15)14-4-3-7-18-19-14;1-2-12-6-8-13(9-7-12)14-10-4-3-5-11-14/h2-10H,1H2,(H,16,17);12-13H,2-11H2,1H3. The number of rotatable bonds is 5. The van der Waals surface area contributed by atoms with Crippen molar-refractivity contribution in [2.45, 2.75) is 64.3 Å². The molecule has 0 bridgehead atoms. The predicted molar refractivity (Wildman–Crippen MR) is 138 cm³/mol. The van der Waals surface area contributed by atoms with Crippen LogP contribution in [0.5, 0.6) is 0 Å². The summed E-state index contributed by atoms with van der Waals surface area (Å²) in [6, 6.07) is 12.9. The van der Waals surface area contributed by atoms with Gasteiger partial charge in [0.05, 0.1) is 5.69 Å². The van der Waals surface area contributed by atoms with Crippen molar-refractivity contribution in [2.24, 2.45) is 5.92 Å². The third-order valence-corrected chi connectivity index (χ3v) is 7.14. The van der Waals surface area contributed by atoms with Crippen LogP contribution in [-0.4, -0.2) is 39.2 Å². The molecule has 1 saturated heterocycles. The third-order valence-electron chi connectivity index (χ3n) is 7.14. The number of anilines is 1. The van der Waals surface area contributed by atoms with Crippen molar-refractivity contribution in [3.63, 3.8) is 0 Å². The Morgan fingerprint density at radius 1 is 1.03 bits per heavy atom. The number of likely N-dealkylation sites (tertiary alicyclic amines) is 1. The maximum atomic E-state index is 4.29. The highest BCUT2D eigenvalue weighted by molar-refractivity contribution is 5.88. The highest BCUT2D eigenvalue weighted by Gasteiger charge is 2.25. The first-order valence-corrected chi connectivity index (χ1v) is 12.6. The molecule has 0 spiro atoms. The van der Waals surface area contributed by atoms with Crippen molar-refractivity contribution in [2.75, 3.05) is 18.4 Å². The monoisotopic (exact) mass is 443 g/mol. The van der Waals surface area contributed by atoms with Gasteiger partial charge < -0.3 is 10.2 Å². The number of piperidine rings is 1. The maximum absolute atomic E-state index is 4.29. The van der Waals surface area contributed by atoms with Gasteiger partial charge in [-0.1, -0.05) is 38.5 Å². The summed E-state index contributed by atoms with van der Waals surface area (Å²) in [5.74, 6) is 1.83. The number of hydrogen-bond acceptors (Lipinski definition) is 5. The molecule has 0 radical (unpaired) electrons. The van der Waals surface area contributed by atoms with E-state index in [9.17, 15) is 0 Å². The molecule has 0 amide bonds. The number of benzene rings is 1. The summed E-state index contributed by atoms with van der Waals surface area (Å²) in [5, 5.41) is 13.2. The Hall–Kier alpha value is -2.79. The average Bonchev–Trinajstić information content (AvgIpc) is 2.90. The molecule has 174 valence electrons. The van der Waals surface area contributed by atoms with Crippen LogP contribution < -0.4 is 5.32 Å². The Morgan fingerprint density at radius 2 is 1.85 bits per heavy atom. The first-order valence-electron chi connectivity index (χ1n) is 12.6. The van der Waals surface area contributed by atoms with Gasteiger partial charge in [-0.05, 0) is 93.4 Å². The van der Waals surface area contributed by atoms with Gasteiger partial charge in [0.2, 0.25) is 0 Å². The molecular formula is C28H37N5. The van der Waals surface area contributed by atoms with Crippen molar-refractivity contribution in [3.05, 3.63) is 61.6 Å². The van der Waals surface area contributed by atoms with Gasteiger partial charge in [-0.15, -0.1) is 0 Å². The van der Waals surface area contributed by atoms with Crippen LogP contribution in [0.4, 0.5) is 5.82 Å². The quantitative estimate of drug-likeness (QED) is 0.476. The third kappa shape index (κ3) is 6.38. The van der Waals surface area contributed by atoms with Gasteiger partial charge in [0.15, 0.2) is 0 Å². The van der Waals surface area contributed by atoms with Gasteiger partial charge in [-0.2, -0.15) is 10.2 Å². The van der Waals surface area contributed by atoms with Gasteiger partial charge in [-0.3, -0.25) is 0 Å². The smallest absolute Gasteiger partial charge is 0.130 e. The largest absolute Gasteiger partial charge is 0.347 e. The average molecular weight is 444 g/mol. The molecule has 1 aliphatic heterocycles. The SMILES string of the molecule is C=CNc1cc2cc(-c3cccnn3)ccc2cn1.CCC1CCC(N2CCCCC2)CC1. The van der Waals surface area contributed by atoms with Crippen LogP contribution >= 0.6 is 0 Å². The molecular weight excluding hydrogens is 406 g/mol. The van der Waals surface area contributed by atoms with Crippen molar-refractivity contribution in [1.29, 1.82) is 0 Å². The van der Waals surface area contributed by atoms with Gasteiger partial charge in [-0.25, -0.2) is 4.98 Å². The Balaban J connectivity index is 0.000000165. The first-order chi connectivity index (χ1) is 16.3. The van der Waals surface area contributed by atoms with Crippen LogP contribution in [0.2, 0.25) is 0 Å². The van der Waals surface area contributed by atoms with E-state index in [2.05, 4.69) is 45.0 Å². The van der Waals surface area contributed by atoms with E-state index in [1.54, 1.807) is 12.4 Å². The molecule has 5 nitrogen and oxygen atoms in total. The lowest BCUT2D eigenvalue weighted by molar-refractivity contribution is 0.114. The molecule has 3 aromatic rings. The number of fused-ring (bicyclic) bond motifs is 1. The molecule has 2 aliphatic rings. The van der Waals surface area contributed by atoms with Crippen LogP contribution in [0.25, 0.3) is 22.0 Å². The molecule has 33 heavy (non-hydrogen) atoms. The number of nitrogens with one attached hydrogen (secondary N) is 1. The molecule has 2 aromatic heterocycles. The molecule has 5 rings (SSSR count). The van der Waals surface area contributed by atoms with E-state index in [-0.39, 0.29) is 0 Å². The van der Waals surface area contributed by atoms with Crippen LogP contribution in [0, 0.1) is 5.92 Å². The lowest BCUT2D eigenvalue weighted by Crippen LogP contribution is -2.41. The van der Waals surface area contributed by atoms with Crippen LogP contribution in [0.3, 0.4) is 0 Å². The molecule has 5 heteroatoms. The number of aromatic nitrogens is 3. The molecule has 0 atom stereocenters. The normalized spacial score (nSPS) is 21.1. The molecule has 1 N–H and O–H groups in total. The van der Waals surface area contributed by atoms with Gasteiger partial charge in [0.1, 0.15) is 5.82 Å². The minimum atomic E-state index is 0.777. The molecule has 0 unspecified atom stereocenters. The Morgan fingerprint density at radius 3 is 2.55 bits per heavy atom. The van der Waals surface area contributed by atoms with Crippen LogP contribution in [0.15, 0.2) is 61.6 Å². The fraction of sp³-hybridized carbons (Fsp3) is 0.464. The Labute approximate surface area is 198 Å². The number of nitrogens with zero attached hydrogens (tertiary/aromatic N) is 4. The molecule has 1 aliphatic carbocycles. The van der Waals surface area contributed by atoms with Crippen molar-refractivity contribution >= 4 is 16.6 Å². The van der Waals surface area contributed by atoms with E-state index in [0.29, 0.717) is 0 Å². The van der Waals surface area contributed by atoms with E-state index in [1.165, 1.54) is 64.5 Å². The molecule has 1 aromatic carbocycles. The predicted octanol–water partition coefficient (Wildman–Crippen LogP) is 6.69. The summed E-state index contributed by atoms with van der Waals surface area (Å²) in [6.45, 7) is 8.77. The van der Waals surface area contributed by atoms with Crippen molar-refractivity contribution in [1.82, 2.24) is 20.1 Å². The van der Waals surface area contributed by atoms with Gasteiger partial charge in [0.25, 0.3) is 0 Å². The number of hydrogen-bond donors (Lipinski definition) is 1. The van der Waals surface area contributed by atoms with E-state index < -0.39 is 0 Å². The van der Waals surface area contributed by atoms with E-state index in [4.69, 9.17) is 0 Å². The van der Waals surface area contributed by atoms with Crippen molar-refractivity contribution in [3.8, 4) is 11.3 Å². The topological polar surface area (TPSA) is 53.9 Å². The minimum absolute atomic E-state index is 0.777. The Kier molecular flexibility index (Phi) is 8.42. The second-order valence-corrected chi connectivity index (χ2v) is 9.27. The summed E-state index contributed by atoms with van der Waals surface area (Å²) in [6.07, 6.45) is 16.9. The fourth-order valence-corrected chi connectivity index (χ4v) is 5.14. The van der Waals surface area contributed by atoms with Crippen LogP contribution in [-0.2, 0) is 0 Å². The highest BCUT2D eigenvalue weighted by Crippen LogP contribution is 2.30. The van der Waals surface area contributed by atoms with E-state index in [0.717, 1.165) is 39.8 Å². The van der Waals surface area contributed by atoms with Gasteiger partial charge >= 0.3 is 0 Å². The first kappa shape index (κ1) is 23.4. The zero-order valence-corrected chi connectivity index (χ0v) is 19.9. The summed E-state index contributed by atoms with van der Waals surface area (Å²) in [7, 11) is 0. The zero-order chi connectivity index (χ0) is 22.9. The maximum Gasteiger partial charge on any atom is 0.130 e. The number of pyridine rings is 1. The second kappa shape index (κ2) is 11.9. The highest BCUT2D eigenvalue weighted by atomic mass is 15.2. The fourth-order valence-electron chi connectivity index (χ4n) is 5.14. The molecule has 2 fully saturated rings. The zero-order valence-electron chi connectivity index (χ0n) is 19.9. The minimum Gasteiger partial charge on any atom is -0.347 e. The molecule has 1 saturated carbocycles.